The molecule has 0 aromatic heterocycles. The topological polar surface area (TPSA) is 41.5 Å². The van der Waals surface area contributed by atoms with Gasteiger partial charge in [0, 0.05) is 13.7 Å². The SMILES string of the molecule is COC1CCCCC1(O)C1NCc2ccccc21. The Morgan fingerprint density at radius 3 is 3.00 bits per heavy atom. The van der Waals surface area contributed by atoms with Gasteiger partial charge >= 0.3 is 0 Å². The third-order valence-corrected chi connectivity index (χ3v) is 4.50. The van der Waals surface area contributed by atoms with E-state index >= 15 is 0 Å². The van der Waals surface area contributed by atoms with Crippen LogP contribution in [0.2, 0.25) is 0 Å². The van der Waals surface area contributed by atoms with E-state index in [0.29, 0.717) is 0 Å². The first-order chi connectivity index (χ1) is 8.75. The minimum atomic E-state index is -0.764. The molecule has 98 valence electrons. The molecule has 1 aliphatic heterocycles. The highest BCUT2D eigenvalue weighted by molar-refractivity contribution is 5.36. The highest BCUT2D eigenvalue weighted by Crippen LogP contribution is 2.43. The van der Waals surface area contributed by atoms with Gasteiger partial charge in [-0.1, -0.05) is 37.1 Å². The molecule has 3 atom stereocenters. The van der Waals surface area contributed by atoms with Crippen LogP contribution in [0, 0.1) is 0 Å². The Kier molecular flexibility index (Phi) is 3.14. The third-order valence-electron chi connectivity index (χ3n) is 4.50. The number of fused-ring (bicyclic) bond motifs is 1. The molecule has 2 aliphatic rings. The largest absolute Gasteiger partial charge is 0.385 e. The fourth-order valence-corrected chi connectivity index (χ4v) is 3.55. The van der Waals surface area contributed by atoms with E-state index in [1.165, 1.54) is 11.1 Å². The number of hydrogen-bond acceptors (Lipinski definition) is 3. The summed E-state index contributed by atoms with van der Waals surface area (Å²) >= 11 is 0. The highest BCUT2D eigenvalue weighted by Gasteiger charge is 2.48. The molecule has 2 N–H and O–H groups in total. The van der Waals surface area contributed by atoms with Crippen molar-refractivity contribution in [3.63, 3.8) is 0 Å². The molecule has 1 aromatic rings. The van der Waals surface area contributed by atoms with Gasteiger partial charge in [-0.3, -0.25) is 0 Å². The lowest BCUT2D eigenvalue weighted by molar-refractivity contribution is -0.135. The number of benzene rings is 1. The summed E-state index contributed by atoms with van der Waals surface area (Å²) in [5, 5.41) is 14.6. The van der Waals surface area contributed by atoms with Crippen LogP contribution in [0.25, 0.3) is 0 Å². The molecule has 0 spiro atoms. The summed E-state index contributed by atoms with van der Waals surface area (Å²) in [5.74, 6) is 0. The van der Waals surface area contributed by atoms with Crippen LogP contribution >= 0.6 is 0 Å². The molecule has 1 heterocycles. The molecule has 3 unspecified atom stereocenters. The quantitative estimate of drug-likeness (QED) is 0.841. The molecule has 0 amide bonds. The number of rotatable bonds is 2. The molecule has 1 aromatic carbocycles. The summed E-state index contributed by atoms with van der Waals surface area (Å²) in [6.07, 6.45) is 3.94. The summed E-state index contributed by atoms with van der Waals surface area (Å²) < 4.78 is 5.54. The second-order valence-electron chi connectivity index (χ2n) is 5.47. The van der Waals surface area contributed by atoms with E-state index < -0.39 is 5.60 Å². The lowest BCUT2D eigenvalue weighted by Crippen LogP contribution is -2.53. The molecule has 0 saturated heterocycles. The normalized spacial score (nSPS) is 35.4. The maximum absolute atomic E-state index is 11.1. The molecule has 0 bridgehead atoms. The average molecular weight is 247 g/mol. The molecular weight excluding hydrogens is 226 g/mol. The zero-order valence-corrected chi connectivity index (χ0v) is 10.9. The Balaban J connectivity index is 1.94. The number of aliphatic hydroxyl groups is 1. The van der Waals surface area contributed by atoms with Crippen molar-refractivity contribution < 1.29 is 9.84 Å². The van der Waals surface area contributed by atoms with Gasteiger partial charge in [0.2, 0.25) is 0 Å². The van der Waals surface area contributed by atoms with E-state index in [4.69, 9.17) is 4.74 Å². The maximum atomic E-state index is 11.1. The van der Waals surface area contributed by atoms with Crippen molar-refractivity contribution in [2.24, 2.45) is 0 Å². The van der Waals surface area contributed by atoms with Gasteiger partial charge in [-0.15, -0.1) is 0 Å². The fraction of sp³-hybridized carbons (Fsp3) is 0.600. The molecule has 0 radical (unpaired) electrons. The number of nitrogens with one attached hydrogen (secondary N) is 1. The predicted molar refractivity (Wildman–Crippen MR) is 70.2 cm³/mol. The monoisotopic (exact) mass is 247 g/mol. The summed E-state index contributed by atoms with van der Waals surface area (Å²) in [5.41, 5.74) is 1.78. The number of hydrogen-bond donors (Lipinski definition) is 2. The Morgan fingerprint density at radius 1 is 1.33 bits per heavy atom. The van der Waals surface area contributed by atoms with E-state index in [0.717, 1.165) is 32.2 Å². The maximum Gasteiger partial charge on any atom is 0.110 e. The number of ether oxygens (including phenoxy) is 1. The zero-order chi connectivity index (χ0) is 12.6. The molecule has 3 nitrogen and oxygen atoms in total. The van der Waals surface area contributed by atoms with Crippen molar-refractivity contribution in [3.05, 3.63) is 35.4 Å². The van der Waals surface area contributed by atoms with E-state index in [9.17, 15) is 5.11 Å². The third kappa shape index (κ3) is 1.78. The second kappa shape index (κ2) is 4.65. The van der Waals surface area contributed by atoms with Crippen molar-refractivity contribution in [1.82, 2.24) is 5.32 Å². The van der Waals surface area contributed by atoms with Gasteiger partial charge in [-0.2, -0.15) is 0 Å². The van der Waals surface area contributed by atoms with Gasteiger partial charge in [-0.25, -0.2) is 0 Å². The number of methoxy groups -OCH3 is 1. The van der Waals surface area contributed by atoms with Crippen molar-refractivity contribution in [2.75, 3.05) is 7.11 Å². The predicted octanol–water partition coefficient (Wildman–Crippen LogP) is 2.15. The van der Waals surface area contributed by atoms with Crippen LogP contribution in [-0.4, -0.2) is 23.9 Å². The lowest BCUT2D eigenvalue weighted by atomic mass is 9.75. The van der Waals surface area contributed by atoms with E-state index in [-0.39, 0.29) is 12.1 Å². The van der Waals surface area contributed by atoms with Crippen molar-refractivity contribution in [1.29, 1.82) is 0 Å². The first-order valence-electron chi connectivity index (χ1n) is 6.82. The van der Waals surface area contributed by atoms with Crippen LogP contribution in [-0.2, 0) is 11.3 Å². The fourth-order valence-electron chi connectivity index (χ4n) is 3.55. The van der Waals surface area contributed by atoms with Crippen LogP contribution in [0.4, 0.5) is 0 Å². The van der Waals surface area contributed by atoms with Gasteiger partial charge in [0.05, 0.1) is 12.1 Å². The minimum Gasteiger partial charge on any atom is -0.385 e. The van der Waals surface area contributed by atoms with Gasteiger partial charge in [-0.05, 0) is 24.0 Å². The first kappa shape index (κ1) is 12.2. The Labute approximate surface area is 108 Å². The van der Waals surface area contributed by atoms with Crippen LogP contribution < -0.4 is 5.32 Å². The van der Waals surface area contributed by atoms with E-state index in [2.05, 4.69) is 23.5 Å². The standard InChI is InChI=1S/C15H21NO2/c1-18-13-8-4-5-9-15(13,17)14-12-7-3-2-6-11(12)10-16-14/h2-3,6-7,13-14,16-17H,4-5,8-10H2,1H3. The Morgan fingerprint density at radius 2 is 2.17 bits per heavy atom. The summed E-state index contributed by atoms with van der Waals surface area (Å²) in [7, 11) is 1.71. The smallest absolute Gasteiger partial charge is 0.110 e. The zero-order valence-electron chi connectivity index (χ0n) is 10.9. The molecule has 1 saturated carbocycles. The molecule has 1 aliphatic carbocycles. The van der Waals surface area contributed by atoms with Gasteiger partial charge in [0.1, 0.15) is 5.60 Å². The van der Waals surface area contributed by atoms with Gasteiger partial charge in [0.25, 0.3) is 0 Å². The summed E-state index contributed by atoms with van der Waals surface area (Å²) in [4.78, 5) is 0. The summed E-state index contributed by atoms with van der Waals surface area (Å²) in [6.45, 7) is 0.847. The van der Waals surface area contributed by atoms with Crippen molar-refractivity contribution in [2.45, 2.75) is 50.0 Å². The molecule has 3 heteroatoms. The van der Waals surface area contributed by atoms with Crippen LogP contribution in [0.1, 0.15) is 42.9 Å². The van der Waals surface area contributed by atoms with Gasteiger partial charge in [0.15, 0.2) is 0 Å². The lowest BCUT2D eigenvalue weighted by Gasteiger charge is -2.43. The first-order valence-corrected chi connectivity index (χ1v) is 6.82. The van der Waals surface area contributed by atoms with Crippen molar-refractivity contribution >= 4 is 0 Å². The van der Waals surface area contributed by atoms with E-state index in [1.807, 2.05) is 6.07 Å². The second-order valence-corrected chi connectivity index (χ2v) is 5.47. The highest BCUT2D eigenvalue weighted by atomic mass is 16.5. The molecule has 18 heavy (non-hydrogen) atoms. The molecular formula is C15H21NO2. The van der Waals surface area contributed by atoms with Crippen LogP contribution in [0.15, 0.2) is 24.3 Å². The average Bonchev–Trinajstić information content (AvgIpc) is 2.83. The van der Waals surface area contributed by atoms with Crippen molar-refractivity contribution in [3.8, 4) is 0 Å². The molecule has 1 fully saturated rings. The van der Waals surface area contributed by atoms with Crippen LogP contribution in [0.3, 0.4) is 0 Å². The van der Waals surface area contributed by atoms with E-state index in [1.54, 1.807) is 7.11 Å². The summed E-state index contributed by atoms with van der Waals surface area (Å²) in [6, 6.07) is 8.38. The minimum absolute atomic E-state index is 0.0129. The Bertz CT molecular complexity index is 434. The molecule has 3 rings (SSSR count). The van der Waals surface area contributed by atoms with Gasteiger partial charge < -0.3 is 15.2 Å². The van der Waals surface area contributed by atoms with Crippen LogP contribution in [0.5, 0.6) is 0 Å². The Hall–Kier alpha value is -0.900.